The summed E-state index contributed by atoms with van der Waals surface area (Å²) in [6, 6.07) is 4.14. The van der Waals surface area contributed by atoms with Crippen molar-refractivity contribution < 1.29 is 23.5 Å². The molecule has 1 aromatic rings. The Morgan fingerprint density at radius 3 is 2.71 bits per heavy atom. The number of ether oxygens (including phenoxy) is 1. The van der Waals surface area contributed by atoms with Crippen LogP contribution in [0.15, 0.2) is 18.2 Å². The van der Waals surface area contributed by atoms with Gasteiger partial charge in [-0.1, -0.05) is 20.8 Å². The second-order valence-electron chi connectivity index (χ2n) is 5.75. The van der Waals surface area contributed by atoms with Crippen LogP contribution in [0.1, 0.15) is 55.0 Å². The topological polar surface area (TPSA) is 87.7 Å². The predicted molar refractivity (Wildman–Crippen MR) is 94.6 cm³/mol. The fourth-order valence-electron chi connectivity index (χ4n) is 1.87. The van der Waals surface area contributed by atoms with E-state index in [1.165, 1.54) is 25.1 Å². The summed E-state index contributed by atoms with van der Waals surface area (Å²) in [4.78, 5) is 23.7. The zero-order valence-corrected chi connectivity index (χ0v) is 14.6. The Morgan fingerprint density at radius 2 is 2.12 bits per heavy atom. The van der Waals surface area contributed by atoms with E-state index in [1.807, 2.05) is 6.92 Å². The van der Waals surface area contributed by atoms with Crippen LogP contribution in [-0.4, -0.2) is 42.0 Å². The second kappa shape index (κ2) is 10.1. The van der Waals surface area contributed by atoms with Gasteiger partial charge >= 0.3 is 0 Å². The summed E-state index contributed by atoms with van der Waals surface area (Å²) in [5.41, 5.74) is 0.426. The number of carbonyl (C=O) groups excluding carboxylic acids is 2. The second-order valence-corrected chi connectivity index (χ2v) is 5.75. The number of ketones is 1. The Morgan fingerprint density at radius 1 is 1.42 bits per heavy atom. The molecule has 0 saturated carbocycles. The fraction of sp³-hybridized carbons (Fsp3) is 0.556. The van der Waals surface area contributed by atoms with Crippen LogP contribution in [0.3, 0.4) is 0 Å². The van der Waals surface area contributed by atoms with Crippen molar-refractivity contribution in [1.82, 2.24) is 5.32 Å². The number of anilines is 1. The van der Waals surface area contributed by atoms with Crippen LogP contribution < -0.4 is 15.4 Å². The van der Waals surface area contributed by atoms with Crippen molar-refractivity contribution >= 4 is 17.4 Å². The largest absolute Gasteiger partial charge is 0.490 e. The number of carbonyl (C=O) groups is 2. The van der Waals surface area contributed by atoms with Crippen LogP contribution in [0.25, 0.3) is 0 Å². The third-order valence-electron chi connectivity index (χ3n) is 3.08. The van der Waals surface area contributed by atoms with Crippen molar-refractivity contribution in [3.63, 3.8) is 0 Å². The van der Waals surface area contributed by atoms with Gasteiger partial charge in [-0.15, -0.1) is 0 Å². The van der Waals surface area contributed by atoms with Crippen molar-refractivity contribution in [1.29, 1.82) is 0 Å². The highest BCUT2D eigenvalue weighted by atomic mass is 16.5. The third kappa shape index (κ3) is 7.10. The molecule has 0 saturated heterocycles. The molecule has 1 unspecified atom stereocenters. The Labute approximate surface area is 147 Å². The highest BCUT2D eigenvalue weighted by Crippen LogP contribution is 2.24. The number of amides is 1. The lowest BCUT2D eigenvalue weighted by atomic mass is 10.1. The van der Waals surface area contributed by atoms with Gasteiger partial charge in [-0.25, -0.2) is 0 Å². The van der Waals surface area contributed by atoms with E-state index < -0.39 is 18.4 Å². The maximum Gasteiger partial charge on any atom is 0.224 e. The summed E-state index contributed by atoms with van der Waals surface area (Å²) in [5.74, 6) is -0.714. The highest BCUT2D eigenvalue weighted by Gasteiger charge is 2.13. The molecular weight excluding hydrogens is 308 g/mol. The van der Waals surface area contributed by atoms with Gasteiger partial charge in [0.25, 0.3) is 0 Å². The quantitative estimate of drug-likeness (QED) is 0.570. The zero-order chi connectivity index (χ0) is 20.8. The minimum atomic E-state index is -2.79. The number of aliphatic hydroxyl groups is 1. The van der Waals surface area contributed by atoms with Gasteiger partial charge in [0.15, 0.2) is 5.78 Å². The number of benzene rings is 1. The SMILES string of the molecule is [2H]C(O)(CNC(C)C)C([2H])([2H])Oc1ccc(NC(=O)CCC)cc1C(C)=O. The molecule has 0 bridgehead atoms. The van der Waals surface area contributed by atoms with Crippen LogP contribution in [0.2, 0.25) is 0 Å². The molecule has 1 rings (SSSR count). The Balaban J connectivity index is 3.07. The molecule has 0 heterocycles. The van der Waals surface area contributed by atoms with Crippen LogP contribution >= 0.6 is 0 Å². The lowest BCUT2D eigenvalue weighted by Crippen LogP contribution is -2.35. The first kappa shape index (κ1) is 15.6. The molecule has 0 fully saturated rings. The minimum Gasteiger partial charge on any atom is -0.490 e. The molecular formula is C18H28N2O4. The fourth-order valence-corrected chi connectivity index (χ4v) is 1.87. The first-order valence-corrected chi connectivity index (χ1v) is 7.99. The molecule has 0 radical (unpaired) electrons. The summed E-state index contributed by atoms with van der Waals surface area (Å²) in [6.45, 7) is 3.60. The first-order chi connectivity index (χ1) is 12.4. The molecule has 1 amide bonds. The van der Waals surface area contributed by atoms with Crippen molar-refractivity contribution in [3.05, 3.63) is 23.8 Å². The van der Waals surface area contributed by atoms with Crippen molar-refractivity contribution in [2.45, 2.75) is 52.7 Å². The molecule has 0 aliphatic carbocycles. The molecule has 24 heavy (non-hydrogen) atoms. The summed E-state index contributed by atoms with van der Waals surface area (Å²) in [7, 11) is 0. The van der Waals surface area contributed by atoms with Gasteiger partial charge in [0.2, 0.25) is 5.91 Å². The molecule has 6 heteroatoms. The van der Waals surface area contributed by atoms with E-state index in [1.54, 1.807) is 13.8 Å². The predicted octanol–water partition coefficient (Wildman–Crippen LogP) is 2.37. The van der Waals surface area contributed by atoms with Crippen molar-refractivity contribution in [2.24, 2.45) is 0 Å². The van der Waals surface area contributed by atoms with Gasteiger partial charge in [-0.2, -0.15) is 0 Å². The smallest absolute Gasteiger partial charge is 0.224 e. The maximum atomic E-state index is 11.9. The first-order valence-electron chi connectivity index (χ1n) is 9.49. The van der Waals surface area contributed by atoms with E-state index >= 15 is 0 Å². The van der Waals surface area contributed by atoms with Gasteiger partial charge in [0.1, 0.15) is 18.4 Å². The average Bonchev–Trinajstić information content (AvgIpc) is 2.54. The monoisotopic (exact) mass is 339 g/mol. The highest BCUT2D eigenvalue weighted by molar-refractivity contribution is 5.99. The molecule has 134 valence electrons. The van der Waals surface area contributed by atoms with Crippen molar-refractivity contribution in [3.8, 4) is 5.75 Å². The molecule has 0 aliphatic rings. The summed E-state index contributed by atoms with van der Waals surface area (Å²) in [5, 5.41) is 15.6. The number of Topliss-reactive ketones (excluding diaryl/α,β-unsaturated/α-hetero) is 1. The van der Waals surface area contributed by atoms with E-state index in [9.17, 15) is 14.7 Å². The zero-order valence-electron chi connectivity index (χ0n) is 17.6. The van der Waals surface area contributed by atoms with Gasteiger partial charge in [0.05, 0.1) is 9.68 Å². The Hall–Kier alpha value is -1.92. The van der Waals surface area contributed by atoms with Crippen LogP contribution in [0.4, 0.5) is 5.69 Å². The lowest BCUT2D eigenvalue weighted by molar-refractivity contribution is -0.116. The molecule has 0 aliphatic heterocycles. The van der Waals surface area contributed by atoms with Crippen LogP contribution in [-0.2, 0) is 4.79 Å². The van der Waals surface area contributed by atoms with Crippen LogP contribution in [0, 0.1) is 0 Å². The van der Waals surface area contributed by atoms with Crippen LogP contribution in [0.5, 0.6) is 5.75 Å². The molecule has 3 N–H and O–H groups in total. The number of rotatable bonds is 10. The maximum absolute atomic E-state index is 11.9. The van der Waals surface area contributed by atoms with E-state index in [0.717, 1.165) is 0 Å². The Bertz CT molecular complexity index is 679. The van der Waals surface area contributed by atoms with Gasteiger partial charge < -0.3 is 20.5 Å². The Kier molecular flexibility index (Phi) is 6.53. The number of hydrogen-bond acceptors (Lipinski definition) is 5. The third-order valence-corrected chi connectivity index (χ3v) is 3.08. The number of nitrogens with one attached hydrogen (secondary N) is 2. The van der Waals surface area contributed by atoms with E-state index in [4.69, 9.17) is 8.85 Å². The molecule has 1 atom stereocenters. The van der Waals surface area contributed by atoms with E-state index in [2.05, 4.69) is 10.6 Å². The van der Waals surface area contributed by atoms with Gasteiger partial charge in [0, 0.05) is 24.7 Å². The molecule has 0 spiro atoms. The van der Waals surface area contributed by atoms with Gasteiger partial charge in [-0.05, 0) is 31.5 Å². The number of hydrogen-bond donors (Lipinski definition) is 3. The van der Waals surface area contributed by atoms with Gasteiger partial charge in [-0.3, -0.25) is 9.59 Å². The lowest BCUT2D eigenvalue weighted by Gasteiger charge is -2.17. The summed E-state index contributed by atoms with van der Waals surface area (Å²) >= 11 is 0. The minimum absolute atomic E-state index is 0.0424. The van der Waals surface area contributed by atoms with E-state index in [0.29, 0.717) is 18.5 Å². The van der Waals surface area contributed by atoms with E-state index in [-0.39, 0.29) is 29.8 Å². The standard InChI is InChI=1S/C18H28N2O4/c1-5-6-18(23)20-14-7-8-17(16(9-14)13(4)21)24-11-15(22)10-19-12(2)3/h7-9,12,15,19,22H,5-6,10-11H2,1-4H3,(H,20,23)/i11D2,15D. The van der Waals surface area contributed by atoms with Crippen molar-refractivity contribution in [2.75, 3.05) is 18.4 Å². The average molecular weight is 339 g/mol. The summed E-state index contributed by atoms with van der Waals surface area (Å²) < 4.78 is 29.0. The molecule has 0 aromatic heterocycles. The molecule has 1 aromatic carbocycles. The molecule has 6 nitrogen and oxygen atoms in total. The summed E-state index contributed by atoms with van der Waals surface area (Å²) in [6.07, 6.45) is -1.57. The normalized spacial score (nSPS) is 15.8.